The zero-order valence-electron chi connectivity index (χ0n) is 13.7. The Morgan fingerprint density at radius 2 is 2.21 bits per heavy atom. The summed E-state index contributed by atoms with van der Waals surface area (Å²) in [7, 11) is 1.34. The number of hydrogen-bond donors (Lipinski definition) is 1. The molecule has 24 heavy (non-hydrogen) atoms. The fraction of sp³-hybridized carbons (Fsp3) is 0.643. The van der Waals surface area contributed by atoms with Gasteiger partial charge in [-0.05, 0) is 19.8 Å². The number of nitrogens with zero attached hydrogens (tertiary/aromatic N) is 4. The summed E-state index contributed by atoms with van der Waals surface area (Å²) in [6.07, 6.45) is 2.16. The molecule has 1 aliphatic rings. The molecule has 0 radical (unpaired) electrons. The number of aromatic nitrogens is 3. The zero-order chi connectivity index (χ0) is 17.5. The van der Waals surface area contributed by atoms with Gasteiger partial charge in [0.15, 0.2) is 5.82 Å². The molecule has 10 heteroatoms. The predicted molar refractivity (Wildman–Crippen MR) is 82.0 cm³/mol. The Hall–Kier alpha value is -2.65. The molecule has 1 fully saturated rings. The van der Waals surface area contributed by atoms with Crippen molar-refractivity contribution in [1.82, 2.24) is 19.9 Å². The summed E-state index contributed by atoms with van der Waals surface area (Å²) >= 11 is 0. The summed E-state index contributed by atoms with van der Waals surface area (Å²) < 4.78 is 9.47. The van der Waals surface area contributed by atoms with E-state index in [1.165, 1.54) is 18.1 Å². The molecule has 1 aliphatic heterocycles. The van der Waals surface area contributed by atoms with Gasteiger partial charge in [0.25, 0.3) is 0 Å². The van der Waals surface area contributed by atoms with Gasteiger partial charge >= 0.3 is 12.1 Å². The Morgan fingerprint density at radius 3 is 2.92 bits per heavy atom. The molecule has 2 amide bonds. The van der Waals surface area contributed by atoms with Crippen LogP contribution in [0.1, 0.15) is 19.8 Å². The minimum Gasteiger partial charge on any atom is -0.469 e. The Balaban J connectivity index is 1.89. The van der Waals surface area contributed by atoms with Gasteiger partial charge in [0.05, 0.1) is 25.8 Å². The van der Waals surface area contributed by atoms with Crippen LogP contribution in [-0.2, 0) is 25.6 Å². The number of carbonyl (C=O) groups is 3. The molecule has 0 aromatic carbocycles. The highest BCUT2D eigenvalue weighted by atomic mass is 16.5. The molecule has 1 unspecified atom stereocenters. The third-order valence-electron chi connectivity index (χ3n) is 3.63. The van der Waals surface area contributed by atoms with Crippen LogP contribution in [0, 0.1) is 5.92 Å². The minimum atomic E-state index is -0.632. The van der Waals surface area contributed by atoms with E-state index in [-0.39, 0.29) is 36.8 Å². The number of amides is 2. The van der Waals surface area contributed by atoms with Crippen molar-refractivity contribution in [2.45, 2.75) is 26.3 Å². The average Bonchev–Trinajstić information content (AvgIpc) is 3.01. The molecule has 1 atom stereocenters. The standard InChI is InChI=1S/C14H21N5O5/c1-3-24-14(22)16-11-7-15-19(17-11)9-12(20)18-6-4-5-10(8-18)13(21)23-2/h7,10H,3-6,8-9H2,1-2H3,(H,16,17,22). The number of piperidine rings is 1. The molecule has 2 rings (SSSR count). The highest BCUT2D eigenvalue weighted by Gasteiger charge is 2.29. The van der Waals surface area contributed by atoms with Gasteiger partial charge in [-0.3, -0.25) is 14.9 Å². The average molecular weight is 339 g/mol. The maximum absolute atomic E-state index is 12.3. The molecule has 1 aromatic heterocycles. The van der Waals surface area contributed by atoms with Crippen LogP contribution in [0.2, 0.25) is 0 Å². The summed E-state index contributed by atoms with van der Waals surface area (Å²) in [5.74, 6) is -0.584. The fourth-order valence-corrected chi connectivity index (χ4v) is 2.49. The largest absolute Gasteiger partial charge is 0.469 e. The lowest BCUT2D eigenvalue weighted by Crippen LogP contribution is -2.44. The van der Waals surface area contributed by atoms with Crippen molar-refractivity contribution in [1.29, 1.82) is 0 Å². The van der Waals surface area contributed by atoms with Crippen LogP contribution in [0.25, 0.3) is 0 Å². The van der Waals surface area contributed by atoms with Crippen LogP contribution in [-0.4, -0.2) is 64.7 Å². The van der Waals surface area contributed by atoms with Crippen LogP contribution in [0.4, 0.5) is 10.6 Å². The van der Waals surface area contributed by atoms with E-state index in [4.69, 9.17) is 9.47 Å². The number of esters is 1. The van der Waals surface area contributed by atoms with Gasteiger partial charge < -0.3 is 14.4 Å². The first-order valence-corrected chi connectivity index (χ1v) is 7.73. The van der Waals surface area contributed by atoms with Crippen molar-refractivity contribution >= 4 is 23.8 Å². The summed E-state index contributed by atoms with van der Waals surface area (Å²) in [5.41, 5.74) is 0. The van der Waals surface area contributed by atoms with Gasteiger partial charge in [0.1, 0.15) is 6.54 Å². The number of carbonyl (C=O) groups excluding carboxylic acids is 3. The summed E-state index contributed by atoms with van der Waals surface area (Å²) in [4.78, 5) is 38.0. The Kier molecular flexibility index (Phi) is 6.10. The third-order valence-corrected chi connectivity index (χ3v) is 3.63. The minimum absolute atomic E-state index is 0.0710. The second-order valence-corrected chi connectivity index (χ2v) is 5.31. The maximum Gasteiger partial charge on any atom is 0.412 e. The topological polar surface area (TPSA) is 116 Å². The SMILES string of the molecule is CCOC(=O)Nc1cnn(CC(=O)N2CCCC(C(=O)OC)C2)n1. The predicted octanol–water partition coefficient (Wildman–Crippen LogP) is 0.258. The van der Waals surface area contributed by atoms with Gasteiger partial charge in [-0.1, -0.05) is 0 Å². The number of nitrogens with one attached hydrogen (secondary N) is 1. The van der Waals surface area contributed by atoms with E-state index in [1.807, 2.05) is 0 Å². The molecule has 0 saturated carbocycles. The normalized spacial score (nSPS) is 17.2. The summed E-state index contributed by atoms with van der Waals surface area (Å²) in [6, 6.07) is 0. The number of rotatable bonds is 5. The summed E-state index contributed by atoms with van der Waals surface area (Å²) in [5, 5.41) is 10.3. The second kappa shape index (κ2) is 8.27. The lowest BCUT2D eigenvalue weighted by molar-refractivity contribution is -0.149. The number of hydrogen-bond acceptors (Lipinski definition) is 7. The molecule has 0 aliphatic carbocycles. The second-order valence-electron chi connectivity index (χ2n) is 5.31. The molecule has 10 nitrogen and oxygen atoms in total. The van der Waals surface area contributed by atoms with Gasteiger partial charge in [0.2, 0.25) is 5.91 Å². The molecule has 0 spiro atoms. The fourth-order valence-electron chi connectivity index (χ4n) is 2.49. The van der Waals surface area contributed by atoms with Crippen molar-refractivity contribution in [3.05, 3.63) is 6.20 Å². The Labute approximate surface area is 139 Å². The van der Waals surface area contributed by atoms with E-state index in [1.54, 1.807) is 11.8 Å². The van der Waals surface area contributed by atoms with Gasteiger partial charge in [0, 0.05) is 13.1 Å². The quantitative estimate of drug-likeness (QED) is 0.765. The lowest BCUT2D eigenvalue weighted by Gasteiger charge is -2.31. The molecular formula is C14H21N5O5. The van der Waals surface area contributed by atoms with Crippen LogP contribution in [0.3, 0.4) is 0 Å². The number of anilines is 1. The van der Waals surface area contributed by atoms with Gasteiger partial charge in [-0.25, -0.2) is 4.79 Å². The van der Waals surface area contributed by atoms with Crippen molar-refractivity contribution in [2.24, 2.45) is 5.92 Å². The number of methoxy groups -OCH3 is 1. The van der Waals surface area contributed by atoms with E-state index in [0.717, 1.165) is 6.42 Å². The van der Waals surface area contributed by atoms with E-state index < -0.39 is 6.09 Å². The molecule has 1 aromatic rings. The molecule has 0 bridgehead atoms. The Morgan fingerprint density at radius 1 is 1.42 bits per heavy atom. The van der Waals surface area contributed by atoms with Crippen molar-refractivity contribution in [2.75, 3.05) is 32.1 Å². The van der Waals surface area contributed by atoms with E-state index in [0.29, 0.717) is 19.5 Å². The first kappa shape index (κ1) is 17.7. The number of likely N-dealkylation sites (tertiary alicyclic amines) is 1. The van der Waals surface area contributed by atoms with Crippen molar-refractivity contribution in [3.8, 4) is 0 Å². The smallest absolute Gasteiger partial charge is 0.412 e. The zero-order valence-corrected chi connectivity index (χ0v) is 13.7. The molecule has 1 N–H and O–H groups in total. The van der Waals surface area contributed by atoms with Gasteiger partial charge in [-0.2, -0.15) is 9.90 Å². The molecule has 132 valence electrons. The van der Waals surface area contributed by atoms with Crippen LogP contribution in [0.5, 0.6) is 0 Å². The highest BCUT2D eigenvalue weighted by Crippen LogP contribution is 2.18. The summed E-state index contributed by atoms with van der Waals surface area (Å²) in [6.45, 7) is 2.78. The lowest BCUT2D eigenvalue weighted by atomic mass is 9.98. The van der Waals surface area contributed by atoms with Gasteiger partial charge in [-0.15, -0.1) is 5.10 Å². The first-order valence-electron chi connectivity index (χ1n) is 7.73. The maximum atomic E-state index is 12.3. The van der Waals surface area contributed by atoms with E-state index >= 15 is 0 Å². The first-order chi connectivity index (χ1) is 11.5. The number of ether oxygens (including phenoxy) is 2. The van der Waals surface area contributed by atoms with Crippen LogP contribution in [0.15, 0.2) is 6.20 Å². The van der Waals surface area contributed by atoms with Crippen molar-refractivity contribution < 1.29 is 23.9 Å². The third kappa shape index (κ3) is 4.67. The Bertz CT molecular complexity index is 602. The monoisotopic (exact) mass is 339 g/mol. The molecular weight excluding hydrogens is 318 g/mol. The molecule has 1 saturated heterocycles. The molecule has 2 heterocycles. The highest BCUT2D eigenvalue weighted by molar-refractivity contribution is 5.83. The van der Waals surface area contributed by atoms with E-state index in [2.05, 4.69) is 15.5 Å². The van der Waals surface area contributed by atoms with E-state index in [9.17, 15) is 14.4 Å². The van der Waals surface area contributed by atoms with Crippen molar-refractivity contribution in [3.63, 3.8) is 0 Å². The van der Waals surface area contributed by atoms with Crippen LogP contribution >= 0.6 is 0 Å². The van der Waals surface area contributed by atoms with Crippen LogP contribution < -0.4 is 5.32 Å².